The Kier molecular flexibility index (Phi) is 3.56. The molecule has 0 radical (unpaired) electrons. The van der Waals surface area contributed by atoms with Crippen molar-refractivity contribution in [3.8, 4) is 0 Å². The van der Waals surface area contributed by atoms with Crippen LogP contribution in [0.1, 0.15) is 18.9 Å². The quantitative estimate of drug-likeness (QED) is 0.853. The van der Waals surface area contributed by atoms with Gasteiger partial charge in [0.15, 0.2) is 9.84 Å². The minimum atomic E-state index is -2.92. The van der Waals surface area contributed by atoms with Gasteiger partial charge in [-0.25, -0.2) is 8.42 Å². The summed E-state index contributed by atoms with van der Waals surface area (Å²) in [4.78, 5) is 2.21. The molecule has 2 heterocycles. The molecule has 108 valence electrons. The second-order valence-corrected chi connectivity index (χ2v) is 8.04. The van der Waals surface area contributed by atoms with Gasteiger partial charge in [-0.15, -0.1) is 0 Å². The summed E-state index contributed by atoms with van der Waals surface area (Å²) in [7, 11) is -2.92. The highest BCUT2D eigenvalue weighted by Gasteiger charge is 2.26. The minimum absolute atomic E-state index is 0.228. The van der Waals surface area contributed by atoms with Gasteiger partial charge in [-0.3, -0.25) is 4.90 Å². The van der Waals surface area contributed by atoms with Gasteiger partial charge in [-0.1, -0.05) is 18.2 Å². The molecular weight excluding hydrogens is 274 g/mol. The predicted molar refractivity (Wildman–Crippen MR) is 79.4 cm³/mol. The number of rotatable bonds is 2. The molecule has 1 unspecified atom stereocenters. The van der Waals surface area contributed by atoms with Crippen LogP contribution in [0.25, 0.3) is 11.0 Å². The van der Waals surface area contributed by atoms with Crippen LogP contribution in [-0.2, 0) is 16.4 Å². The summed E-state index contributed by atoms with van der Waals surface area (Å²) in [6.07, 6.45) is 2.49. The van der Waals surface area contributed by atoms with E-state index in [-0.39, 0.29) is 11.0 Å². The minimum Gasteiger partial charge on any atom is -0.464 e. The first-order chi connectivity index (χ1) is 9.56. The molecule has 0 amide bonds. The molecule has 0 aliphatic carbocycles. The van der Waals surface area contributed by atoms with E-state index in [2.05, 4.69) is 4.90 Å². The van der Waals surface area contributed by atoms with Gasteiger partial charge in [-0.2, -0.15) is 0 Å². The van der Waals surface area contributed by atoms with Crippen LogP contribution in [-0.4, -0.2) is 37.4 Å². The zero-order valence-corrected chi connectivity index (χ0v) is 12.4. The van der Waals surface area contributed by atoms with Crippen molar-refractivity contribution in [2.24, 2.45) is 0 Å². The lowest BCUT2D eigenvalue weighted by Gasteiger charge is -2.18. The van der Waals surface area contributed by atoms with E-state index < -0.39 is 9.84 Å². The molecule has 0 N–H and O–H groups in total. The monoisotopic (exact) mass is 293 g/mol. The number of furan rings is 1. The Morgan fingerprint density at radius 2 is 2.10 bits per heavy atom. The number of sulfone groups is 1. The van der Waals surface area contributed by atoms with Crippen molar-refractivity contribution in [3.63, 3.8) is 0 Å². The molecule has 0 bridgehead atoms. The van der Waals surface area contributed by atoms with Crippen molar-refractivity contribution in [1.29, 1.82) is 0 Å². The van der Waals surface area contributed by atoms with Crippen LogP contribution in [0.2, 0.25) is 0 Å². The topological polar surface area (TPSA) is 50.5 Å². The summed E-state index contributed by atoms with van der Waals surface area (Å²) in [5, 5.41) is 0.890. The molecule has 3 rings (SSSR count). The fraction of sp³-hybridized carbons (Fsp3) is 0.467. The van der Waals surface area contributed by atoms with E-state index in [0.717, 1.165) is 29.6 Å². The summed E-state index contributed by atoms with van der Waals surface area (Å²) >= 11 is 0. The largest absolute Gasteiger partial charge is 0.464 e. The van der Waals surface area contributed by atoms with Gasteiger partial charge in [0.25, 0.3) is 0 Å². The maximum Gasteiger partial charge on any atom is 0.154 e. The number of nitrogens with zero attached hydrogens (tertiary/aromatic N) is 1. The third-order valence-corrected chi connectivity index (χ3v) is 6.33. The number of hydrogen-bond acceptors (Lipinski definition) is 4. The van der Waals surface area contributed by atoms with Crippen molar-refractivity contribution < 1.29 is 12.8 Å². The Morgan fingerprint density at radius 3 is 2.95 bits per heavy atom. The standard InChI is InChI=1S/C15H19NO3S/c1-12-6-7-16(8-9-20(12,17)18)10-13-11-19-15-5-3-2-4-14(13)15/h2-5,11-12H,6-10H2,1H3. The summed E-state index contributed by atoms with van der Waals surface area (Å²) in [6, 6.07) is 7.95. The van der Waals surface area contributed by atoms with Gasteiger partial charge in [0.05, 0.1) is 17.3 Å². The molecule has 4 nitrogen and oxygen atoms in total. The maximum absolute atomic E-state index is 11.9. The highest BCUT2D eigenvalue weighted by Crippen LogP contribution is 2.23. The van der Waals surface area contributed by atoms with E-state index >= 15 is 0 Å². The van der Waals surface area contributed by atoms with E-state index in [1.54, 1.807) is 6.26 Å². The number of hydrogen-bond donors (Lipinski definition) is 0. The molecule has 0 spiro atoms. The summed E-state index contributed by atoms with van der Waals surface area (Å²) < 4.78 is 29.4. The average Bonchev–Trinajstić information content (AvgIpc) is 2.79. The van der Waals surface area contributed by atoms with Crippen LogP contribution >= 0.6 is 0 Å². The highest BCUT2D eigenvalue weighted by atomic mass is 32.2. The molecule has 1 aromatic carbocycles. The molecule has 5 heteroatoms. The number of para-hydroxylation sites is 1. The Balaban J connectivity index is 1.78. The van der Waals surface area contributed by atoms with E-state index in [1.807, 2.05) is 31.2 Å². The first-order valence-corrected chi connectivity index (χ1v) is 8.67. The summed E-state index contributed by atoms with van der Waals surface area (Å²) in [5.41, 5.74) is 2.02. The third-order valence-electron chi connectivity index (χ3n) is 4.11. The third kappa shape index (κ3) is 2.60. The van der Waals surface area contributed by atoms with Gasteiger partial charge in [0.1, 0.15) is 5.58 Å². The molecule has 1 fully saturated rings. The van der Waals surface area contributed by atoms with Crippen molar-refractivity contribution in [2.75, 3.05) is 18.8 Å². The number of fused-ring (bicyclic) bond motifs is 1. The lowest BCUT2D eigenvalue weighted by Crippen LogP contribution is -2.26. The number of benzene rings is 1. The second kappa shape index (κ2) is 5.22. The van der Waals surface area contributed by atoms with Crippen LogP contribution in [0.3, 0.4) is 0 Å². The summed E-state index contributed by atoms with van der Waals surface area (Å²) in [5.74, 6) is 0.254. The zero-order chi connectivity index (χ0) is 14.2. The molecule has 2 aromatic rings. The van der Waals surface area contributed by atoms with E-state index in [9.17, 15) is 8.42 Å². The van der Waals surface area contributed by atoms with Gasteiger partial charge < -0.3 is 4.42 Å². The van der Waals surface area contributed by atoms with E-state index in [4.69, 9.17) is 4.42 Å². The fourth-order valence-corrected chi connectivity index (χ4v) is 4.05. The smallest absolute Gasteiger partial charge is 0.154 e. The van der Waals surface area contributed by atoms with Crippen LogP contribution < -0.4 is 0 Å². The average molecular weight is 293 g/mol. The Hall–Kier alpha value is -1.33. The van der Waals surface area contributed by atoms with Crippen molar-refractivity contribution >= 4 is 20.8 Å². The SMILES string of the molecule is CC1CCN(Cc2coc3ccccc23)CCS1(=O)=O. The summed E-state index contributed by atoms with van der Waals surface area (Å²) in [6.45, 7) is 3.98. The van der Waals surface area contributed by atoms with Gasteiger partial charge in [0, 0.05) is 24.0 Å². The Labute approximate surface area is 119 Å². The van der Waals surface area contributed by atoms with Crippen LogP contribution in [0, 0.1) is 0 Å². The Morgan fingerprint density at radius 1 is 1.30 bits per heavy atom. The predicted octanol–water partition coefficient (Wildman–Crippen LogP) is 2.44. The molecular formula is C15H19NO3S. The van der Waals surface area contributed by atoms with Crippen LogP contribution in [0.15, 0.2) is 34.9 Å². The molecule has 0 saturated carbocycles. The van der Waals surface area contributed by atoms with Gasteiger partial charge in [-0.05, 0) is 26.0 Å². The van der Waals surface area contributed by atoms with Crippen molar-refractivity contribution in [2.45, 2.75) is 25.1 Å². The van der Waals surface area contributed by atoms with Gasteiger partial charge >= 0.3 is 0 Å². The molecule has 1 aliphatic rings. The fourth-order valence-electron chi connectivity index (χ4n) is 2.67. The Bertz CT molecular complexity index is 705. The second-order valence-electron chi connectivity index (χ2n) is 5.50. The molecule has 1 saturated heterocycles. The molecule has 20 heavy (non-hydrogen) atoms. The molecule has 1 aliphatic heterocycles. The maximum atomic E-state index is 11.9. The highest BCUT2D eigenvalue weighted by molar-refractivity contribution is 7.92. The lowest BCUT2D eigenvalue weighted by molar-refractivity contribution is 0.283. The van der Waals surface area contributed by atoms with Crippen LogP contribution in [0.5, 0.6) is 0 Å². The van der Waals surface area contributed by atoms with Crippen molar-refractivity contribution in [1.82, 2.24) is 4.90 Å². The first kappa shape index (κ1) is 13.6. The van der Waals surface area contributed by atoms with E-state index in [0.29, 0.717) is 13.0 Å². The van der Waals surface area contributed by atoms with Gasteiger partial charge in [0.2, 0.25) is 0 Å². The normalized spacial score (nSPS) is 23.8. The van der Waals surface area contributed by atoms with E-state index in [1.165, 1.54) is 0 Å². The first-order valence-electron chi connectivity index (χ1n) is 6.95. The van der Waals surface area contributed by atoms with Crippen molar-refractivity contribution in [3.05, 3.63) is 36.1 Å². The lowest BCUT2D eigenvalue weighted by atomic mass is 10.1. The molecule has 1 atom stereocenters. The van der Waals surface area contributed by atoms with Crippen LogP contribution in [0.4, 0.5) is 0 Å². The molecule has 1 aromatic heterocycles. The zero-order valence-electron chi connectivity index (χ0n) is 11.6.